The van der Waals surface area contributed by atoms with Gasteiger partial charge in [-0.1, -0.05) is 37.3 Å². The number of hydrogen-bond donors (Lipinski definition) is 2. The molecule has 0 amide bonds. The van der Waals surface area contributed by atoms with E-state index in [0.717, 1.165) is 22.0 Å². The zero-order valence-electron chi connectivity index (χ0n) is 11.1. The molecule has 3 nitrogen and oxygen atoms in total. The van der Waals surface area contributed by atoms with E-state index in [2.05, 4.69) is 28.7 Å². The number of anilines is 2. The second-order valence-corrected chi connectivity index (χ2v) is 6.17. The summed E-state index contributed by atoms with van der Waals surface area (Å²) in [7, 11) is 0. The molecule has 0 radical (unpaired) electrons. The Labute approximate surface area is 118 Å². The van der Waals surface area contributed by atoms with Crippen molar-refractivity contribution in [2.45, 2.75) is 32.2 Å². The van der Waals surface area contributed by atoms with E-state index in [1.54, 1.807) is 0 Å². The summed E-state index contributed by atoms with van der Waals surface area (Å²) in [6.45, 7) is 2.32. The molecule has 1 aliphatic rings. The second kappa shape index (κ2) is 5.21. The Hall–Kier alpha value is -1.55. The van der Waals surface area contributed by atoms with Crippen LogP contribution in [0.3, 0.4) is 0 Å². The maximum absolute atomic E-state index is 6.03. The molecule has 0 spiro atoms. The third-order valence-corrected chi connectivity index (χ3v) is 4.60. The third-order valence-electron chi connectivity index (χ3n) is 3.81. The summed E-state index contributed by atoms with van der Waals surface area (Å²) in [6, 6.07) is 10.8. The summed E-state index contributed by atoms with van der Waals surface area (Å²) in [5, 5.41) is 4.75. The molecule has 1 aliphatic carbocycles. The van der Waals surface area contributed by atoms with Gasteiger partial charge in [0, 0.05) is 6.04 Å². The van der Waals surface area contributed by atoms with Crippen LogP contribution in [0.2, 0.25) is 0 Å². The second-order valence-electron chi connectivity index (χ2n) is 5.40. The number of aromatic nitrogens is 1. The average molecular weight is 273 g/mol. The summed E-state index contributed by atoms with van der Waals surface area (Å²) in [6.07, 6.45) is 3.80. The van der Waals surface area contributed by atoms with E-state index < -0.39 is 0 Å². The molecule has 4 heteroatoms. The molecule has 3 rings (SSSR count). The molecule has 1 aromatic carbocycles. The van der Waals surface area contributed by atoms with Crippen LogP contribution in [0, 0.1) is 5.92 Å². The first-order valence-electron chi connectivity index (χ1n) is 6.81. The van der Waals surface area contributed by atoms with Crippen molar-refractivity contribution in [2.75, 3.05) is 11.1 Å². The molecule has 0 aliphatic heterocycles. The van der Waals surface area contributed by atoms with E-state index in [0.29, 0.717) is 11.9 Å². The van der Waals surface area contributed by atoms with Crippen LogP contribution in [-0.4, -0.2) is 10.4 Å². The summed E-state index contributed by atoms with van der Waals surface area (Å²) < 4.78 is 4.31. The highest BCUT2D eigenvalue weighted by atomic mass is 32.1. The van der Waals surface area contributed by atoms with Crippen molar-refractivity contribution >= 4 is 22.4 Å². The fourth-order valence-electron chi connectivity index (χ4n) is 2.81. The fraction of sp³-hybridized carbons (Fsp3) is 0.400. The lowest BCUT2D eigenvalue weighted by Gasteiger charge is -2.13. The molecule has 1 fully saturated rings. The number of nitrogens with two attached hydrogens (primary N) is 1. The van der Waals surface area contributed by atoms with E-state index in [1.165, 1.54) is 30.8 Å². The Morgan fingerprint density at radius 2 is 2.05 bits per heavy atom. The van der Waals surface area contributed by atoms with Gasteiger partial charge in [-0.25, -0.2) is 0 Å². The van der Waals surface area contributed by atoms with Gasteiger partial charge >= 0.3 is 0 Å². The Bertz CT molecular complexity index is 550. The molecule has 100 valence electrons. The summed E-state index contributed by atoms with van der Waals surface area (Å²) in [5.74, 6) is 1.45. The van der Waals surface area contributed by atoms with Gasteiger partial charge < -0.3 is 11.1 Å². The highest BCUT2D eigenvalue weighted by Crippen LogP contribution is 2.38. The number of nitrogens with zero attached hydrogens (tertiary/aromatic N) is 1. The number of benzene rings is 1. The molecule has 19 heavy (non-hydrogen) atoms. The first-order chi connectivity index (χ1) is 9.24. The Kier molecular flexibility index (Phi) is 3.42. The summed E-state index contributed by atoms with van der Waals surface area (Å²) in [4.78, 5) is 0. The fourth-order valence-corrected chi connectivity index (χ4v) is 3.62. The molecule has 1 saturated carbocycles. The lowest BCUT2D eigenvalue weighted by atomic mass is 10.1. The van der Waals surface area contributed by atoms with Crippen molar-refractivity contribution in [1.82, 2.24) is 4.37 Å². The highest BCUT2D eigenvalue weighted by molar-refractivity contribution is 7.11. The minimum absolute atomic E-state index is 0.567. The van der Waals surface area contributed by atoms with Crippen LogP contribution in [0.5, 0.6) is 0 Å². The molecule has 1 aromatic heterocycles. The largest absolute Gasteiger partial charge is 0.382 e. The number of hydrogen-bond acceptors (Lipinski definition) is 4. The monoisotopic (exact) mass is 273 g/mol. The van der Waals surface area contributed by atoms with Gasteiger partial charge in [0.15, 0.2) is 0 Å². The van der Waals surface area contributed by atoms with Crippen molar-refractivity contribution in [3.8, 4) is 11.1 Å². The van der Waals surface area contributed by atoms with Gasteiger partial charge in [-0.2, -0.15) is 4.37 Å². The Morgan fingerprint density at radius 3 is 2.74 bits per heavy atom. The van der Waals surface area contributed by atoms with Gasteiger partial charge in [-0.3, -0.25) is 0 Å². The van der Waals surface area contributed by atoms with Crippen LogP contribution in [0.25, 0.3) is 11.1 Å². The summed E-state index contributed by atoms with van der Waals surface area (Å²) >= 11 is 1.47. The minimum Gasteiger partial charge on any atom is -0.382 e. The number of nitrogens with one attached hydrogen (secondary N) is 1. The third kappa shape index (κ3) is 2.59. The molecule has 2 atom stereocenters. The molecule has 2 unspecified atom stereocenters. The normalized spacial score (nSPS) is 22.6. The van der Waals surface area contributed by atoms with Gasteiger partial charge in [0.25, 0.3) is 0 Å². The first-order valence-corrected chi connectivity index (χ1v) is 7.58. The summed E-state index contributed by atoms with van der Waals surface area (Å²) in [5.41, 5.74) is 8.24. The molecule has 0 bridgehead atoms. The van der Waals surface area contributed by atoms with Crippen LogP contribution in [0.4, 0.5) is 10.8 Å². The van der Waals surface area contributed by atoms with Crippen molar-refractivity contribution in [1.29, 1.82) is 0 Å². The van der Waals surface area contributed by atoms with Gasteiger partial charge in [0.05, 0.1) is 5.56 Å². The SMILES string of the molecule is CC1CCC(Nc2snc(N)c2-c2ccccc2)C1. The zero-order chi connectivity index (χ0) is 13.2. The number of nitrogen functional groups attached to an aromatic ring is 1. The van der Waals surface area contributed by atoms with Crippen LogP contribution < -0.4 is 11.1 Å². The predicted molar refractivity (Wildman–Crippen MR) is 82.4 cm³/mol. The molecule has 2 aromatic rings. The van der Waals surface area contributed by atoms with Crippen LogP contribution in [0.1, 0.15) is 26.2 Å². The molecule has 1 heterocycles. The van der Waals surface area contributed by atoms with Gasteiger partial charge in [-0.15, -0.1) is 0 Å². The van der Waals surface area contributed by atoms with Crippen LogP contribution in [-0.2, 0) is 0 Å². The molecular weight excluding hydrogens is 254 g/mol. The van der Waals surface area contributed by atoms with Crippen molar-refractivity contribution < 1.29 is 0 Å². The van der Waals surface area contributed by atoms with E-state index in [4.69, 9.17) is 5.73 Å². The quantitative estimate of drug-likeness (QED) is 0.889. The van der Waals surface area contributed by atoms with Crippen molar-refractivity contribution in [3.63, 3.8) is 0 Å². The lowest BCUT2D eigenvalue weighted by molar-refractivity contribution is 0.603. The molecule has 0 saturated heterocycles. The first kappa shape index (κ1) is 12.5. The highest BCUT2D eigenvalue weighted by Gasteiger charge is 2.23. The van der Waals surface area contributed by atoms with E-state index in [9.17, 15) is 0 Å². The lowest BCUT2D eigenvalue weighted by Crippen LogP contribution is -2.14. The molecule has 3 N–H and O–H groups in total. The van der Waals surface area contributed by atoms with E-state index >= 15 is 0 Å². The Balaban J connectivity index is 1.87. The van der Waals surface area contributed by atoms with Gasteiger partial charge in [0.1, 0.15) is 10.8 Å². The smallest absolute Gasteiger partial charge is 0.147 e. The zero-order valence-corrected chi connectivity index (χ0v) is 11.9. The van der Waals surface area contributed by atoms with Gasteiger partial charge in [0.2, 0.25) is 0 Å². The molecular formula is C15H19N3S. The van der Waals surface area contributed by atoms with Gasteiger partial charge in [-0.05, 0) is 42.3 Å². The topological polar surface area (TPSA) is 50.9 Å². The minimum atomic E-state index is 0.567. The van der Waals surface area contributed by atoms with E-state index in [1.807, 2.05) is 18.2 Å². The maximum Gasteiger partial charge on any atom is 0.147 e. The van der Waals surface area contributed by atoms with Crippen LogP contribution >= 0.6 is 11.5 Å². The Morgan fingerprint density at radius 1 is 1.26 bits per heavy atom. The average Bonchev–Trinajstić information content (AvgIpc) is 2.98. The standard InChI is InChI=1S/C15H19N3S/c1-10-7-8-12(9-10)17-15-13(14(16)18-19-15)11-5-3-2-4-6-11/h2-6,10,12,17H,7-9H2,1H3,(H2,16,18). The predicted octanol–water partition coefficient (Wildman–Crippen LogP) is 3.99. The van der Waals surface area contributed by atoms with E-state index in [-0.39, 0.29) is 0 Å². The number of rotatable bonds is 3. The maximum atomic E-state index is 6.03. The van der Waals surface area contributed by atoms with Crippen LogP contribution in [0.15, 0.2) is 30.3 Å². The van der Waals surface area contributed by atoms with Crippen molar-refractivity contribution in [3.05, 3.63) is 30.3 Å². The van der Waals surface area contributed by atoms with Crippen molar-refractivity contribution in [2.24, 2.45) is 5.92 Å².